The van der Waals surface area contributed by atoms with Gasteiger partial charge in [0.1, 0.15) is 12.1 Å². The summed E-state index contributed by atoms with van der Waals surface area (Å²) in [6, 6.07) is 5.58. The SMILES string of the molecule is O=C(O)N1Cc2cc(Cl)ccc2-n2c(nnc2C2CCC(c3ncco3)CC2)C1. The molecule has 0 atom stereocenters. The third-order valence-electron chi connectivity index (χ3n) is 5.89. The average Bonchev–Trinajstić information content (AvgIpc) is 3.35. The number of oxazole rings is 1. The Bertz CT molecular complexity index is 1040. The van der Waals surface area contributed by atoms with Crippen LogP contribution in [0.2, 0.25) is 5.02 Å². The average molecular weight is 414 g/mol. The van der Waals surface area contributed by atoms with E-state index in [1.165, 1.54) is 4.90 Å². The molecule has 1 aliphatic heterocycles. The molecule has 0 radical (unpaired) electrons. The minimum Gasteiger partial charge on any atom is -0.465 e. The molecule has 5 rings (SSSR count). The summed E-state index contributed by atoms with van der Waals surface area (Å²) in [5.74, 6) is 2.92. The van der Waals surface area contributed by atoms with Gasteiger partial charge in [0.15, 0.2) is 11.7 Å². The van der Waals surface area contributed by atoms with Crippen molar-refractivity contribution in [3.05, 3.63) is 58.8 Å². The van der Waals surface area contributed by atoms with Gasteiger partial charge in [-0.1, -0.05) is 11.6 Å². The molecule has 0 unspecified atom stereocenters. The van der Waals surface area contributed by atoms with Crippen LogP contribution in [-0.4, -0.2) is 35.8 Å². The predicted molar refractivity (Wildman–Crippen MR) is 104 cm³/mol. The summed E-state index contributed by atoms with van der Waals surface area (Å²) in [6.07, 6.45) is 6.18. The first-order valence-electron chi connectivity index (χ1n) is 9.70. The highest BCUT2D eigenvalue weighted by Crippen LogP contribution is 2.41. The van der Waals surface area contributed by atoms with Crippen LogP contribution in [0.5, 0.6) is 0 Å². The Morgan fingerprint density at radius 2 is 1.93 bits per heavy atom. The summed E-state index contributed by atoms with van der Waals surface area (Å²) in [7, 11) is 0. The number of fused-ring (bicyclic) bond motifs is 3. The molecule has 0 bridgehead atoms. The van der Waals surface area contributed by atoms with Crippen molar-refractivity contribution in [2.24, 2.45) is 0 Å². The normalized spacial score (nSPS) is 21.3. The maximum atomic E-state index is 11.7. The summed E-state index contributed by atoms with van der Waals surface area (Å²) < 4.78 is 7.51. The molecule has 29 heavy (non-hydrogen) atoms. The number of amides is 1. The highest BCUT2D eigenvalue weighted by molar-refractivity contribution is 6.30. The largest absolute Gasteiger partial charge is 0.465 e. The lowest BCUT2D eigenvalue weighted by atomic mass is 9.81. The molecule has 9 heteroatoms. The monoisotopic (exact) mass is 413 g/mol. The second-order valence-corrected chi connectivity index (χ2v) is 8.08. The lowest BCUT2D eigenvalue weighted by Crippen LogP contribution is -2.27. The van der Waals surface area contributed by atoms with Crippen LogP contribution in [0.3, 0.4) is 0 Å². The summed E-state index contributed by atoms with van der Waals surface area (Å²) in [6.45, 7) is 0.464. The molecular weight excluding hydrogens is 394 g/mol. The van der Waals surface area contributed by atoms with Crippen LogP contribution < -0.4 is 0 Å². The highest BCUT2D eigenvalue weighted by Gasteiger charge is 2.32. The summed E-state index contributed by atoms with van der Waals surface area (Å²) >= 11 is 6.19. The molecule has 2 aliphatic rings. The number of hydrogen-bond acceptors (Lipinski definition) is 5. The van der Waals surface area contributed by atoms with Gasteiger partial charge < -0.3 is 9.52 Å². The van der Waals surface area contributed by atoms with E-state index >= 15 is 0 Å². The second kappa shape index (κ2) is 7.18. The Morgan fingerprint density at radius 1 is 1.14 bits per heavy atom. The third-order valence-corrected chi connectivity index (χ3v) is 6.13. The zero-order chi connectivity index (χ0) is 20.0. The van der Waals surface area contributed by atoms with Gasteiger partial charge in [-0.2, -0.15) is 0 Å². The Morgan fingerprint density at radius 3 is 2.66 bits per heavy atom. The van der Waals surface area contributed by atoms with Crippen LogP contribution in [0.15, 0.2) is 35.1 Å². The highest BCUT2D eigenvalue weighted by atomic mass is 35.5. The van der Waals surface area contributed by atoms with Crippen LogP contribution in [0, 0.1) is 0 Å². The van der Waals surface area contributed by atoms with Gasteiger partial charge in [-0.3, -0.25) is 9.47 Å². The summed E-state index contributed by atoms with van der Waals surface area (Å²) in [4.78, 5) is 17.3. The van der Waals surface area contributed by atoms with Crippen molar-refractivity contribution >= 4 is 17.7 Å². The van der Waals surface area contributed by atoms with Gasteiger partial charge in [0.2, 0.25) is 0 Å². The van der Waals surface area contributed by atoms with Crippen LogP contribution in [-0.2, 0) is 13.1 Å². The lowest BCUT2D eigenvalue weighted by Gasteiger charge is -2.26. The molecule has 1 saturated carbocycles. The first-order chi connectivity index (χ1) is 14.1. The fourth-order valence-electron chi connectivity index (χ4n) is 4.46. The van der Waals surface area contributed by atoms with Gasteiger partial charge in [0, 0.05) is 16.9 Å². The van der Waals surface area contributed by atoms with E-state index in [-0.39, 0.29) is 19.0 Å². The fourth-order valence-corrected chi connectivity index (χ4v) is 4.66. The van der Waals surface area contributed by atoms with Crippen molar-refractivity contribution in [3.8, 4) is 5.69 Å². The van der Waals surface area contributed by atoms with E-state index in [0.717, 1.165) is 48.6 Å². The fraction of sp³-hybridized carbons (Fsp3) is 0.400. The third kappa shape index (κ3) is 3.27. The standard InChI is InChI=1S/C20H20ClN5O3/c21-15-5-6-16-14(9-15)10-25(20(27)28)11-17-23-24-18(26(16)17)12-1-3-13(4-2-12)19-22-7-8-29-19/h5-9,12-13H,1-4,10-11H2,(H,27,28). The minimum atomic E-state index is -0.986. The molecule has 1 aliphatic carbocycles. The number of hydrogen-bond donors (Lipinski definition) is 1. The van der Waals surface area contributed by atoms with Gasteiger partial charge in [-0.25, -0.2) is 9.78 Å². The molecule has 1 fully saturated rings. The minimum absolute atomic E-state index is 0.195. The molecular formula is C20H20ClN5O3. The number of carboxylic acid groups (broad SMARTS) is 1. The zero-order valence-corrected chi connectivity index (χ0v) is 16.4. The molecule has 2 aromatic heterocycles. The number of rotatable bonds is 2. The molecule has 8 nitrogen and oxygen atoms in total. The van der Waals surface area contributed by atoms with E-state index in [4.69, 9.17) is 16.0 Å². The Labute approximate surface area is 172 Å². The van der Waals surface area contributed by atoms with Crippen molar-refractivity contribution in [3.63, 3.8) is 0 Å². The molecule has 0 spiro atoms. The van der Waals surface area contributed by atoms with E-state index in [1.54, 1.807) is 12.5 Å². The topological polar surface area (TPSA) is 97.3 Å². The van der Waals surface area contributed by atoms with Crippen molar-refractivity contribution in [1.29, 1.82) is 0 Å². The number of aromatic nitrogens is 4. The lowest BCUT2D eigenvalue weighted by molar-refractivity contribution is 0.139. The smallest absolute Gasteiger partial charge is 0.408 e. The van der Waals surface area contributed by atoms with E-state index in [2.05, 4.69) is 15.2 Å². The number of halogens is 1. The number of benzene rings is 1. The molecule has 1 N–H and O–H groups in total. The van der Waals surface area contributed by atoms with Crippen molar-refractivity contribution in [2.45, 2.75) is 50.6 Å². The van der Waals surface area contributed by atoms with Gasteiger partial charge in [0.25, 0.3) is 0 Å². The first kappa shape index (κ1) is 18.2. The quantitative estimate of drug-likeness (QED) is 0.671. The molecule has 1 aromatic carbocycles. The molecule has 0 saturated heterocycles. The van der Waals surface area contributed by atoms with Gasteiger partial charge in [0.05, 0.1) is 25.0 Å². The Balaban J connectivity index is 1.49. The molecule has 3 aromatic rings. The maximum absolute atomic E-state index is 11.7. The maximum Gasteiger partial charge on any atom is 0.408 e. The second-order valence-electron chi connectivity index (χ2n) is 7.64. The van der Waals surface area contributed by atoms with Crippen LogP contribution in [0.4, 0.5) is 4.79 Å². The van der Waals surface area contributed by atoms with Crippen LogP contribution >= 0.6 is 11.6 Å². The summed E-state index contributed by atoms with van der Waals surface area (Å²) in [5.41, 5.74) is 1.76. The van der Waals surface area contributed by atoms with Gasteiger partial charge >= 0.3 is 6.09 Å². The van der Waals surface area contributed by atoms with E-state index in [1.807, 2.05) is 22.8 Å². The van der Waals surface area contributed by atoms with Crippen LogP contribution in [0.1, 0.15) is 60.6 Å². The van der Waals surface area contributed by atoms with E-state index < -0.39 is 6.09 Å². The van der Waals surface area contributed by atoms with Crippen molar-refractivity contribution < 1.29 is 14.3 Å². The van der Waals surface area contributed by atoms with E-state index in [0.29, 0.717) is 16.8 Å². The van der Waals surface area contributed by atoms with Crippen molar-refractivity contribution in [2.75, 3.05) is 0 Å². The van der Waals surface area contributed by atoms with Gasteiger partial charge in [-0.15, -0.1) is 10.2 Å². The molecule has 150 valence electrons. The van der Waals surface area contributed by atoms with Gasteiger partial charge in [-0.05, 0) is 49.4 Å². The predicted octanol–water partition coefficient (Wildman–Crippen LogP) is 4.34. The Kier molecular flexibility index (Phi) is 4.50. The first-order valence-corrected chi connectivity index (χ1v) is 10.1. The summed E-state index contributed by atoms with van der Waals surface area (Å²) in [5, 5.41) is 19.0. The number of nitrogens with zero attached hydrogens (tertiary/aromatic N) is 5. The zero-order valence-electron chi connectivity index (χ0n) is 15.7. The Hall–Kier alpha value is -2.87. The van der Waals surface area contributed by atoms with Crippen molar-refractivity contribution in [1.82, 2.24) is 24.6 Å². The number of carbonyl (C=O) groups is 1. The van der Waals surface area contributed by atoms with E-state index in [9.17, 15) is 9.90 Å². The van der Waals surface area contributed by atoms with Crippen LogP contribution in [0.25, 0.3) is 5.69 Å². The molecule has 3 heterocycles. The molecule has 1 amide bonds.